The molecule has 0 aromatic heterocycles. The number of hydrogen-bond acceptors (Lipinski definition) is 3. The van der Waals surface area contributed by atoms with Crippen molar-refractivity contribution in [3.05, 3.63) is 0 Å². The first kappa shape index (κ1) is 13.1. The maximum absolute atomic E-state index is 5.81. The van der Waals surface area contributed by atoms with Crippen LogP contribution in [-0.2, 0) is 14.2 Å². The largest absolute Gasteiger partial charge is 0.378 e. The van der Waals surface area contributed by atoms with Crippen LogP contribution in [0.25, 0.3) is 0 Å². The van der Waals surface area contributed by atoms with Crippen molar-refractivity contribution in [1.29, 1.82) is 0 Å². The van der Waals surface area contributed by atoms with Crippen molar-refractivity contribution in [3.8, 4) is 0 Å². The van der Waals surface area contributed by atoms with Crippen molar-refractivity contribution >= 4 is 22.6 Å². The summed E-state index contributed by atoms with van der Waals surface area (Å²) < 4.78 is 17.4. The summed E-state index contributed by atoms with van der Waals surface area (Å²) in [4.78, 5) is 0. The lowest BCUT2D eigenvalue weighted by Gasteiger charge is -2.22. The zero-order valence-electron chi connectivity index (χ0n) is 9.70. The average Bonchev–Trinajstić information content (AvgIpc) is 2.72. The minimum Gasteiger partial charge on any atom is -0.378 e. The first-order valence-corrected chi connectivity index (χ1v) is 7.56. The molecule has 0 aromatic carbocycles. The quantitative estimate of drug-likeness (QED) is 0.437. The second kappa shape index (κ2) is 7.13. The third-order valence-corrected chi connectivity index (χ3v) is 4.45. The van der Waals surface area contributed by atoms with Crippen molar-refractivity contribution in [2.45, 2.75) is 48.2 Å². The van der Waals surface area contributed by atoms with Gasteiger partial charge >= 0.3 is 0 Å². The van der Waals surface area contributed by atoms with E-state index < -0.39 is 0 Å². The van der Waals surface area contributed by atoms with Gasteiger partial charge in [-0.25, -0.2) is 0 Å². The van der Waals surface area contributed by atoms with Crippen molar-refractivity contribution in [1.82, 2.24) is 0 Å². The number of ether oxygens (including phenoxy) is 3. The smallest absolute Gasteiger partial charge is 0.0949 e. The predicted molar refractivity (Wildman–Crippen MR) is 71.2 cm³/mol. The topological polar surface area (TPSA) is 27.7 Å². The van der Waals surface area contributed by atoms with Crippen LogP contribution in [0.5, 0.6) is 0 Å². The summed E-state index contributed by atoms with van der Waals surface area (Å²) >= 11 is 2.40. The molecule has 2 atom stereocenters. The van der Waals surface area contributed by atoms with Crippen LogP contribution in [0.1, 0.15) is 32.1 Å². The second-order valence-electron chi connectivity index (χ2n) is 4.59. The van der Waals surface area contributed by atoms with Gasteiger partial charge in [-0.1, -0.05) is 41.9 Å². The van der Waals surface area contributed by atoms with Crippen LogP contribution in [0.4, 0.5) is 0 Å². The summed E-state index contributed by atoms with van der Waals surface area (Å²) in [6.07, 6.45) is 7.29. The number of alkyl halides is 1. The van der Waals surface area contributed by atoms with Crippen LogP contribution in [0.2, 0.25) is 0 Å². The number of halogens is 1. The van der Waals surface area contributed by atoms with Gasteiger partial charge in [-0.15, -0.1) is 0 Å². The zero-order chi connectivity index (χ0) is 11.2. The number of hydrogen-bond donors (Lipinski definition) is 0. The van der Waals surface area contributed by atoms with Gasteiger partial charge in [-0.3, -0.25) is 0 Å². The average molecular weight is 340 g/mol. The highest BCUT2D eigenvalue weighted by molar-refractivity contribution is 14.1. The van der Waals surface area contributed by atoms with E-state index in [0.29, 0.717) is 16.6 Å². The van der Waals surface area contributed by atoms with Crippen molar-refractivity contribution < 1.29 is 14.2 Å². The lowest BCUT2D eigenvalue weighted by atomic mass is 9.98. The third-order valence-electron chi connectivity index (χ3n) is 3.28. The van der Waals surface area contributed by atoms with E-state index >= 15 is 0 Å². The molecule has 0 spiro atoms. The summed E-state index contributed by atoms with van der Waals surface area (Å²) in [6.45, 7) is 3.03. The van der Waals surface area contributed by atoms with E-state index in [-0.39, 0.29) is 6.10 Å². The molecule has 2 unspecified atom stereocenters. The Morgan fingerprint density at radius 1 is 1.00 bits per heavy atom. The first-order valence-electron chi connectivity index (χ1n) is 6.31. The van der Waals surface area contributed by atoms with Gasteiger partial charge in [0.05, 0.1) is 42.6 Å². The summed E-state index contributed by atoms with van der Waals surface area (Å²) in [7, 11) is 0. The Bertz CT molecular complexity index is 195. The maximum Gasteiger partial charge on any atom is 0.0949 e. The fourth-order valence-electron chi connectivity index (χ4n) is 2.31. The summed E-state index contributed by atoms with van der Waals surface area (Å²) in [6, 6.07) is 0. The molecule has 1 saturated carbocycles. The molecular weight excluding hydrogens is 319 g/mol. The summed E-state index contributed by atoms with van der Waals surface area (Å²) in [5, 5.41) is 0. The van der Waals surface area contributed by atoms with E-state index in [1.54, 1.807) is 0 Å². The molecule has 3 nitrogen and oxygen atoms in total. The van der Waals surface area contributed by atoms with Gasteiger partial charge in [0.15, 0.2) is 0 Å². The van der Waals surface area contributed by atoms with Gasteiger partial charge in [0, 0.05) is 0 Å². The predicted octanol–water partition coefficient (Wildman–Crippen LogP) is 2.55. The van der Waals surface area contributed by atoms with Crippen LogP contribution in [0.3, 0.4) is 0 Å². The minimum atomic E-state index is 0.274. The Kier molecular flexibility index (Phi) is 5.82. The Labute approximate surface area is 111 Å². The summed E-state index contributed by atoms with van der Waals surface area (Å²) in [5.74, 6) is 0. The molecule has 1 aliphatic heterocycles. The summed E-state index contributed by atoms with van der Waals surface area (Å²) in [5.41, 5.74) is 0. The van der Waals surface area contributed by atoms with E-state index in [1.807, 2.05) is 0 Å². The normalized spacial score (nSPS) is 32.1. The van der Waals surface area contributed by atoms with Crippen LogP contribution >= 0.6 is 22.6 Å². The molecule has 1 saturated heterocycles. The fraction of sp³-hybridized carbons (Fsp3) is 1.00. The lowest BCUT2D eigenvalue weighted by Crippen LogP contribution is -2.25. The van der Waals surface area contributed by atoms with E-state index in [0.717, 1.165) is 19.8 Å². The van der Waals surface area contributed by atoms with Crippen LogP contribution < -0.4 is 0 Å². The molecular formula is C12H21IO3. The van der Waals surface area contributed by atoms with Crippen LogP contribution in [0, 0.1) is 0 Å². The molecule has 1 heterocycles. The molecule has 2 aliphatic rings. The van der Waals surface area contributed by atoms with Gasteiger partial charge < -0.3 is 14.2 Å². The molecule has 16 heavy (non-hydrogen) atoms. The van der Waals surface area contributed by atoms with Gasteiger partial charge in [-0.2, -0.15) is 0 Å². The SMILES string of the molecule is IC1COCC1OCCOC1CCCCC1. The molecule has 94 valence electrons. The van der Waals surface area contributed by atoms with Crippen LogP contribution in [0.15, 0.2) is 0 Å². The van der Waals surface area contributed by atoms with E-state index in [9.17, 15) is 0 Å². The van der Waals surface area contributed by atoms with Gasteiger partial charge in [0.2, 0.25) is 0 Å². The number of rotatable bonds is 5. The zero-order valence-corrected chi connectivity index (χ0v) is 11.9. The fourth-order valence-corrected chi connectivity index (χ4v) is 2.98. The monoisotopic (exact) mass is 340 g/mol. The highest BCUT2D eigenvalue weighted by Gasteiger charge is 2.26. The highest BCUT2D eigenvalue weighted by atomic mass is 127. The lowest BCUT2D eigenvalue weighted by molar-refractivity contribution is -0.0316. The van der Waals surface area contributed by atoms with E-state index in [2.05, 4.69) is 22.6 Å². The molecule has 2 rings (SSSR count). The third kappa shape index (κ3) is 4.13. The van der Waals surface area contributed by atoms with Gasteiger partial charge in [0.1, 0.15) is 0 Å². The Balaban J connectivity index is 1.51. The van der Waals surface area contributed by atoms with Gasteiger partial charge in [0.25, 0.3) is 0 Å². The Morgan fingerprint density at radius 3 is 2.44 bits per heavy atom. The molecule has 0 amide bonds. The second-order valence-corrected chi connectivity index (χ2v) is 6.19. The molecule has 1 aliphatic carbocycles. The Hall–Kier alpha value is 0.610. The minimum absolute atomic E-state index is 0.274. The van der Waals surface area contributed by atoms with Crippen LogP contribution in [-0.4, -0.2) is 42.6 Å². The van der Waals surface area contributed by atoms with Crippen molar-refractivity contribution in [2.75, 3.05) is 26.4 Å². The Morgan fingerprint density at radius 2 is 1.75 bits per heavy atom. The van der Waals surface area contributed by atoms with E-state index in [1.165, 1.54) is 32.1 Å². The van der Waals surface area contributed by atoms with Crippen molar-refractivity contribution in [2.24, 2.45) is 0 Å². The van der Waals surface area contributed by atoms with E-state index in [4.69, 9.17) is 14.2 Å². The molecule has 0 radical (unpaired) electrons. The molecule has 2 fully saturated rings. The molecule has 4 heteroatoms. The van der Waals surface area contributed by atoms with Gasteiger partial charge in [-0.05, 0) is 12.8 Å². The molecule has 0 aromatic rings. The van der Waals surface area contributed by atoms with Crippen molar-refractivity contribution in [3.63, 3.8) is 0 Å². The molecule has 0 bridgehead atoms. The maximum atomic E-state index is 5.81. The molecule has 0 N–H and O–H groups in total. The first-order chi connectivity index (χ1) is 7.86. The highest BCUT2D eigenvalue weighted by Crippen LogP contribution is 2.21. The standard InChI is InChI=1S/C12H21IO3/c13-11-8-14-9-12(11)16-7-6-15-10-4-2-1-3-5-10/h10-12H,1-9H2.